The van der Waals surface area contributed by atoms with Crippen molar-refractivity contribution in [2.24, 2.45) is 0 Å². The van der Waals surface area contributed by atoms with Crippen LogP contribution in [0.5, 0.6) is 5.75 Å². The number of aromatic nitrogens is 2. The number of rotatable bonds is 9. The number of benzene rings is 1. The second kappa shape index (κ2) is 8.66. The maximum absolute atomic E-state index is 5.89. The van der Waals surface area contributed by atoms with Gasteiger partial charge >= 0.3 is 0 Å². The van der Waals surface area contributed by atoms with E-state index in [1.54, 1.807) is 13.3 Å². The van der Waals surface area contributed by atoms with E-state index in [9.17, 15) is 0 Å². The standard InChI is InChI=1S/C15H20N2O2S/c1-18-10-6-2-3-7-11-19-14-9-5-4-8-13(14)15-12-16-17-20-15/h4-5,8-9,12H,2-3,6-7,10-11H2,1H3. The minimum atomic E-state index is 0.746. The lowest BCUT2D eigenvalue weighted by molar-refractivity contribution is 0.191. The van der Waals surface area contributed by atoms with Crippen LogP contribution in [-0.4, -0.2) is 29.9 Å². The first-order valence-electron chi connectivity index (χ1n) is 6.90. The van der Waals surface area contributed by atoms with Crippen molar-refractivity contribution in [1.29, 1.82) is 0 Å². The topological polar surface area (TPSA) is 44.2 Å². The quantitative estimate of drug-likeness (QED) is 0.660. The van der Waals surface area contributed by atoms with Gasteiger partial charge in [-0.25, -0.2) is 0 Å². The van der Waals surface area contributed by atoms with E-state index < -0.39 is 0 Å². The molecule has 20 heavy (non-hydrogen) atoms. The summed E-state index contributed by atoms with van der Waals surface area (Å²) in [7, 11) is 1.74. The van der Waals surface area contributed by atoms with Crippen LogP contribution in [0.15, 0.2) is 30.5 Å². The van der Waals surface area contributed by atoms with Crippen molar-refractivity contribution in [2.75, 3.05) is 20.3 Å². The molecule has 2 rings (SSSR count). The molecule has 1 aromatic carbocycles. The van der Waals surface area contributed by atoms with Gasteiger partial charge in [0.25, 0.3) is 0 Å². The summed E-state index contributed by atoms with van der Waals surface area (Å²) in [5.41, 5.74) is 1.07. The molecule has 0 spiro atoms. The van der Waals surface area contributed by atoms with Gasteiger partial charge < -0.3 is 9.47 Å². The first-order chi connectivity index (χ1) is 9.92. The zero-order valence-electron chi connectivity index (χ0n) is 11.7. The van der Waals surface area contributed by atoms with Gasteiger partial charge in [0.1, 0.15) is 5.75 Å². The van der Waals surface area contributed by atoms with Crippen LogP contribution in [0.25, 0.3) is 10.4 Å². The SMILES string of the molecule is COCCCCCCOc1ccccc1-c1cnns1. The number of unbranched alkanes of at least 4 members (excludes halogenated alkanes) is 3. The van der Waals surface area contributed by atoms with E-state index >= 15 is 0 Å². The average molecular weight is 292 g/mol. The fourth-order valence-electron chi connectivity index (χ4n) is 1.97. The van der Waals surface area contributed by atoms with Crippen molar-refractivity contribution in [3.8, 4) is 16.2 Å². The maximum Gasteiger partial charge on any atom is 0.128 e. The molecule has 0 unspecified atom stereocenters. The molecule has 0 fully saturated rings. The number of hydrogen-bond acceptors (Lipinski definition) is 5. The minimum Gasteiger partial charge on any atom is -0.493 e. The van der Waals surface area contributed by atoms with Crippen molar-refractivity contribution >= 4 is 11.5 Å². The Bertz CT molecular complexity index is 488. The van der Waals surface area contributed by atoms with Gasteiger partial charge in [0, 0.05) is 19.3 Å². The van der Waals surface area contributed by atoms with Crippen LogP contribution in [0, 0.1) is 0 Å². The van der Waals surface area contributed by atoms with E-state index in [1.807, 2.05) is 24.3 Å². The Morgan fingerprint density at radius 3 is 2.60 bits per heavy atom. The largest absolute Gasteiger partial charge is 0.493 e. The molecule has 0 N–H and O–H groups in total. The molecule has 0 amide bonds. The summed E-state index contributed by atoms with van der Waals surface area (Å²) in [4.78, 5) is 1.04. The summed E-state index contributed by atoms with van der Waals surface area (Å²) in [6.07, 6.45) is 6.33. The normalized spacial score (nSPS) is 10.7. The van der Waals surface area contributed by atoms with Crippen molar-refractivity contribution in [3.63, 3.8) is 0 Å². The van der Waals surface area contributed by atoms with Gasteiger partial charge in [0.05, 0.1) is 17.7 Å². The fourth-order valence-corrected chi connectivity index (χ4v) is 2.51. The summed E-state index contributed by atoms with van der Waals surface area (Å²) in [6.45, 7) is 1.60. The predicted molar refractivity (Wildman–Crippen MR) is 81.2 cm³/mol. The maximum atomic E-state index is 5.89. The van der Waals surface area contributed by atoms with E-state index in [-0.39, 0.29) is 0 Å². The van der Waals surface area contributed by atoms with Crippen LogP contribution in [0.4, 0.5) is 0 Å². The Balaban J connectivity index is 1.79. The Kier molecular flexibility index (Phi) is 6.47. The zero-order chi connectivity index (χ0) is 14.0. The van der Waals surface area contributed by atoms with Crippen LogP contribution in [0.1, 0.15) is 25.7 Å². The van der Waals surface area contributed by atoms with Gasteiger partial charge in [0.15, 0.2) is 0 Å². The molecule has 0 saturated heterocycles. The number of ether oxygens (including phenoxy) is 2. The molecule has 1 aromatic heterocycles. The van der Waals surface area contributed by atoms with Gasteiger partial charge in [-0.1, -0.05) is 23.0 Å². The number of hydrogen-bond donors (Lipinski definition) is 0. The van der Waals surface area contributed by atoms with Gasteiger partial charge in [-0.3, -0.25) is 0 Å². The number of nitrogens with zero attached hydrogens (tertiary/aromatic N) is 2. The lowest BCUT2D eigenvalue weighted by Gasteiger charge is -2.09. The first kappa shape index (κ1) is 14.9. The van der Waals surface area contributed by atoms with Crippen LogP contribution in [0.2, 0.25) is 0 Å². The second-order valence-electron chi connectivity index (χ2n) is 4.53. The van der Waals surface area contributed by atoms with Crippen molar-refractivity contribution in [2.45, 2.75) is 25.7 Å². The monoisotopic (exact) mass is 292 g/mol. The molecule has 0 radical (unpaired) electrons. The second-order valence-corrected chi connectivity index (χ2v) is 5.32. The Morgan fingerprint density at radius 2 is 1.85 bits per heavy atom. The highest BCUT2D eigenvalue weighted by molar-refractivity contribution is 7.09. The summed E-state index contributed by atoms with van der Waals surface area (Å²) < 4.78 is 14.8. The van der Waals surface area contributed by atoms with Gasteiger partial charge in [0.2, 0.25) is 0 Å². The predicted octanol–water partition coefficient (Wildman–Crippen LogP) is 3.79. The third-order valence-corrected chi connectivity index (χ3v) is 3.71. The van der Waals surface area contributed by atoms with Gasteiger partial charge in [-0.05, 0) is 42.9 Å². The summed E-state index contributed by atoms with van der Waals surface area (Å²) in [6, 6.07) is 8.04. The van der Waals surface area contributed by atoms with E-state index in [0.717, 1.165) is 42.2 Å². The highest BCUT2D eigenvalue weighted by atomic mass is 32.1. The molecule has 5 heteroatoms. The van der Waals surface area contributed by atoms with Crippen molar-refractivity contribution in [3.05, 3.63) is 30.5 Å². The molecule has 4 nitrogen and oxygen atoms in total. The van der Waals surface area contributed by atoms with Gasteiger partial charge in [-0.2, -0.15) is 0 Å². The van der Waals surface area contributed by atoms with Crippen LogP contribution >= 0.6 is 11.5 Å². The third-order valence-electron chi connectivity index (χ3n) is 3.01. The Labute approximate surface area is 123 Å². The molecular weight excluding hydrogens is 272 g/mol. The molecule has 0 bridgehead atoms. The van der Waals surface area contributed by atoms with Crippen LogP contribution < -0.4 is 4.74 Å². The van der Waals surface area contributed by atoms with Crippen LogP contribution in [0.3, 0.4) is 0 Å². The van der Waals surface area contributed by atoms with E-state index in [4.69, 9.17) is 9.47 Å². The molecule has 1 heterocycles. The smallest absolute Gasteiger partial charge is 0.128 e. The molecule has 0 aliphatic rings. The Morgan fingerprint density at radius 1 is 1.05 bits per heavy atom. The summed E-state index contributed by atoms with van der Waals surface area (Å²) in [5, 5.41) is 3.88. The van der Waals surface area contributed by atoms with Crippen LogP contribution in [-0.2, 0) is 4.74 Å². The molecule has 108 valence electrons. The fraction of sp³-hybridized carbons (Fsp3) is 0.467. The molecule has 0 aliphatic heterocycles. The average Bonchev–Trinajstić information content (AvgIpc) is 3.01. The number of methoxy groups -OCH3 is 1. The Hall–Kier alpha value is -1.46. The third kappa shape index (κ3) is 4.58. The first-order valence-corrected chi connectivity index (χ1v) is 7.67. The highest BCUT2D eigenvalue weighted by Gasteiger charge is 2.07. The lowest BCUT2D eigenvalue weighted by atomic mass is 10.2. The highest BCUT2D eigenvalue weighted by Crippen LogP contribution is 2.31. The van der Waals surface area contributed by atoms with E-state index in [2.05, 4.69) is 9.59 Å². The summed E-state index contributed by atoms with van der Waals surface area (Å²) in [5.74, 6) is 0.912. The molecule has 0 atom stereocenters. The molecule has 2 aromatic rings. The summed E-state index contributed by atoms with van der Waals surface area (Å²) >= 11 is 1.39. The van der Waals surface area contributed by atoms with Crippen molar-refractivity contribution < 1.29 is 9.47 Å². The number of para-hydroxylation sites is 1. The zero-order valence-corrected chi connectivity index (χ0v) is 12.6. The minimum absolute atomic E-state index is 0.746. The molecular formula is C15H20N2O2S. The lowest BCUT2D eigenvalue weighted by Crippen LogP contribution is -1.99. The van der Waals surface area contributed by atoms with Gasteiger partial charge in [-0.15, -0.1) is 5.10 Å². The van der Waals surface area contributed by atoms with E-state index in [0.29, 0.717) is 0 Å². The molecule has 0 aliphatic carbocycles. The molecule has 0 saturated carbocycles. The van der Waals surface area contributed by atoms with Crippen molar-refractivity contribution in [1.82, 2.24) is 9.59 Å². The van der Waals surface area contributed by atoms with E-state index in [1.165, 1.54) is 24.4 Å².